The van der Waals surface area contributed by atoms with Crippen molar-refractivity contribution in [2.45, 2.75) is 18.9 Å². The molecular formula is C25H19ClF2N4O5. The van der Waals surface area contributed by atoms with Gasteiger partial charge in [-0.1, -0.05) is 11.6 Å². The summed E-state index contributed by atoms with van der Waals surface area (Å²) in [6.45, 7) is -0.876. The Hall–Kier alpha value is -3.99. The lowest BCUT2D eigenvalue weighted by atomic mass is 9.76. The van der Waals surface area contributed by atoms with Gasteiger partial charge in [-0.25, -0.2) is 9.37 Å². The van der Waals surface area contributed by atoms with Gasteiger partial charge in [0, 0.05) is 30.8 Å². The summed E-state index contributed by atoms with van der Waals surface area (Å²) in [4.78, 5) is 59.9. The molecule has 4 heterocycles. The van der Waals surface area contributed by atoms with Gasteiger partial charge in [0.15, 0.2) is 12.4 Å². The first kappa shape index (κ1) is 24.7. The number of Topliss-reactive ketones (excluding diaryl/α,β-unsaturated/α-hetero) is 1. The standard InChI is InChI=1S/C25H19ClF2N4O5/c26-16-8-30-7-14-18-2-4-21(35)32(18)9-15(22(14)13-5-11(33)6-17(27)23(13)16)25(36)37-10-19(34)12-1-3-20(29)31-24(12)28/h1,3,5-6,8,15,18H,2,4,7,9-10H2,(H2,29,31). The molecule has 3 aliphatic heterocycles. The van der Waals surface area contributed by atoms with Gasteiger partial charge in [-0.3, -0.25) is 24.2 Å². The van der Waals surface area contributed by atoms with Gasteiger partial charge in [-0.05, 0) is 41.3 Å². The topological polar surface area (TPSA) is 132 Å². The van der Waals surface area contributed by atoms with Gasteiger partial charge in [0.1, 0.15) is 17.6 Å². The first-order chi connectivity index (χ1) is 17.7. The largest absolute Gasteiger partial charge is 0.457 e. The van der Waals surface area contributed by atoms with Crippen molar-refractivity contribution in [1.82, 2.24) is 9.88 Å². The smallest absolute Gasteiger partial charge is 0.315 e. The fraction of sp³-hybridized carbons (Fsp3) is 0.280. The maximum atomic E-state index is 15.0. The summed E-state index contributed by atoms with van der Waals surface area (Å²) >= 11 is 6.30. The van der Waals surface area contributed by atoms with Crippen molar-refractivity contribution in [2.75, 3.05) is 25.4 Å². The Balaban J connectivity index is 1.52. The monoisotopic (exact) mass is 528 g/mol. The lowest BCUT2D eigenvalue weighted by Crippen LogP contribution is -2.47. The molecular weight excluding hydrogens is 510 g/mol. The molecule has 190 valence electrons. The number of nitrogen functional groups attached to an aromatic ring is 1. The summed E-state index contributed by atoms with van der Waals surface area (Å²) in [5.74, 6) is -5.87. The molecule has 0 saturated carbocycles. The number of allylic oxidation sites excluding steroid dienone is 6. The normalized spacial score (nSPS) is 23.1. The average Bonchev–Trinajstić information content (AvgIpc) is 3.20. The number of aliphatic imine (C=N–C) groups is 1. The zero-order valence-corrected chi connectivity index (χ0v) is 19.9. The molecule has 0 spiro atoms. The number of amides is 1. The van der Waals surface area contributed by atoms with E-state index in [0.29, 0.717) is 12.0 Å². The van der Waals surface area contributed by atoms with Crippen molar-refractivity contribution in [2.24, 2.45) is 10.9 Å². The molecule has 1 saturated heterocycles. The maximum absolute atomic E-state index is 15.0. The number of ether oxygens (including phenoxy) is 1. The summed E-state index contributed by atoms with van der Waals surface area (Å²) in [6.07, 6.45) is 3.94. The average molecular weight is 529 g/mol. The molecule has 1 aromatic rings. The van der Waals surface area contributed by atoms with Crippen LogP contribution in [0.1, 0.15) is 23.2 Å². The van der Waals surface area contributed by atoms with E-state index in [1.807, 2.05) is 0 Å². The summed E-state index contributed by atoms with van der Waals surface area (Å²) < 4.78 is 34.3. The number of carbonyl (C=O) groups is 4. The number of fused-ring (bicyclic) bond motifs is 4. The fourth-order valence-corrected chi connectivity index (χ4v) is 5.32. The van der Waals surface area contributed by atoms with Crippen LogP contribution in [-0.2, 0) is 19.1 Å². The van der Waals surface area contributed by atoms with Crippen LogP contribution < -0.4 is 5.73 Å². The molecule has 0 aromatic carbocycles. The number of hydrogen-bond donors (Lipinski definition) is 1. The van der Waals surface area contributed by atoms with E-state index in [0.717, 1.165) is 12.1 Å². The van der Waals surface area contributed by atoms with E-state index >= 15 is 0 Å². The highest BCUT2D eigenvalue weighted by molar-refractivity contribution is 6.40. The van der Waals surface area contributed by atoms with Gasteiger partial charge in [-0.15, -0.1) is 0 Å². The third kappa shape index (κ3) is 4.39. The number of rotatable bonds is 4. The van der Waals surface area contributed by atoms with Crippen molar-refractivity contribution in [3.05, 3.63) is 68.9 Å². The number of pyridine rings is 1. The van der Waals surface area contributed by atoms with Gasteiger partial charge < -0.3 is 15.4 Å². The fourth-order valence-electron chi connectivity index (χ4n) is 5.06. The van der Waals surface area contributed by atoms with E-state index in [1.54, 1.807) is 0 Å². The Morgan fingerprint density at radius 3 is 2.76 bits per heavy atom. The molecule has 5 rings (SSSR count). The number of carbonyl (C=O) groups excluding carboxylic acids is 4. The molecule has 0 radical (unpaired) electrons. The van der Waals surface area contributed by atoms with E-state index in [2.05, 4.69) is 9.98 Å². The number of nitrogens with two attached hydrogens (primary N) is 1. The van der Waals surface area contributed by atoms with Gasteiger partial charge in [0.25, 0.3) is 0 Å². The SMILES string of the molecule is Nc1ccc(C(=O)COC(=O)C2CN3C(=O)CCC3C3=C2C2=CC(=O)C=C(F)C2=C(Cl)C=NC3)c(F)n1. The lowest BCUT2D eigenvalue weighted by molar-refractivity contribution is -0.147. The van der Waals surface area contributed by atoms with E-state index in [4.69, 9.17) is 22.1 Å². The Labute approximate surface area is 214 Å². The Bertz CT molecular complexity index is 1430. The molecule has 9 nitrogen and oxygen atoms in total. The van der Waals surface area contributed by atoms with Crippen LogP contribution in [0.3, 0.4) is 0 Å². The zero-order valence-electron chi connectivity index (χ0n) is 19.2. The highest BCUT2D eigenvalue weighted by atomic mass is 35.5. The molecule has 1 fully saturated rings. The van der Waals surface area contributed by atoms with Gasteiger partial charge in [0.2, 0.25) is 17.6 Å². The predicted molar refractivity (Wildman–Crippen MR) is 128 cm³/mol. The number of anilines is 1. The van der Waals surface area contributed by atoms with Crippen LogP contribution in [0.25, 0.3) is 0 Å². The van der Waals surface area contributed by atoms with Crippen LogP contribution in [0.15, 0.2) is 62.4 Å². The minimum Gasteiger partial charge on any atom is -0.457 e. The van der Waals surface area contributed by atoms with Gasteiger partial charge >= 0.3 is 5.97 Å². The molecule has 1 amide bonds. The first-order valence-electron chi connectivity index (χ1n) is 11.3. The number of aromatic nitrogens is 1. The second-order valence-electron chi connectivity index (χ2n) is 8.84. The third-order valence-corrected chi connectivity index (χ3v) is 6.95. The zero-order chi connectivity index (χ0) is 26.4. The van der Waals surface area contributed by atoms with Crippen molar-refractivity contribution < 1.29 is 32.7 Å². The summed E-state index contributed by atoms with van der Waals surface area (Å²) in [7, 11) is 0. The third-order valence-electron chi connectivity index (χ3n) is 6.66. The number of esters is 1. The molecule has 4 aliphatic rings. The van der Waals surface area contributed by atoms with Crippen LogP contribution in [-0.4, -0.2) is 65.3 Å². The van der Waals surface area contributed by atoms with Crippen molar-refractivity contribution in [3.8, 4) is 0 Å². The number of hydrogen-bond acceptors (Lipinski definition) is 8. The van der Waals surface area contributed by atoms with E-state index in [1.165, 1.54) is 23.3 Å². The van der Waals surface area contributed by atoms with Crippen LogP contribution in [0.2, 0.25) is 0 Å². The maximum Gasteiger partial charge on any atom is 0.315 e. The minimum absolute atomic E-state index is 0.0508. The number of ketones is 2. The quantitative estimate of drug-likeness (QED) is 0.360. The lowest BCUT2D eigenvalue weighted by Gasteiger charge is -2.39. The van der Waals surface area contributed by atoms with Crippen LogP contribution in [0, 0.1) is 11.9 Å². The van der Waals surface area contributed by atoms with Crippen molar-refractivity contribution >= 4 is 47.1 Å². The van der Waals surface area contributed by atoms with Crippen molar-refractivity contribution in [1.29, 1.82) is 0 Å². The highest BCUT2D eigenvalue weighted by Gasteiger charge is 2.46. The Morgan fingerprint density at radius 1 is 1.22 bits per heavy atom. The molecule has 0 bridgehead atoms. The van der Waals surface area contributed by atoms with E-state index in [-0.39, 0.29) is 53.0 Å². The van der Waals surface area contributed by atoms with Crippen LogP contribution >= 0.6 is 11.6 Å². The first-order valence-corrected chi connectivity index (χ1v) is 11.7. The number of halogens is 3. The van der Waals surface area contributed by atoms with E-state index in [9.17, 15) is 28.0 Å². The second-order valence-corrected chi connectivity index (χ2v) is 9.25. The number of nitrogens with zero attached hydrogens (tertiary/aromatic N) is 3. The van der Waals surface area contributed by atoms with E-state index < -0.39 is 53.4 Å². The molecule has 12 heteroatoms. The highest BCUT2D eigenvalue weighted by Crippen LogP contribution is 2.45. The van der Waals surface area contributed by atoms with Crippen LogP contribution in [0.5, 0.6) is 0 Å². The minimum atomic E-state index is -1.17. The molecule has 2 unspecified atom stereocenters. The van der Waals surface area contributed by atoms with Crippen molar-refractivity contribution in [3.63, 3.8) is 0 Å². The summed E-state index contributed by atoms with van der Waals surface area (Å²) in [5, 5.41) is -0.0578. The molecule has 2 atom stereocenters. The molecule has 1 aromatic heterocycles. The Kier molecular flexibility index (Phi) is 6.32. The molecule has 1 aliphatic carbocycles. The van der Waals surface area contributed by atoms with Gasteiger partial charge in [-0.2, -0.15) is 4.39 Å². The predicted octanol–water partition coefficient (Wildman–Crippen LogP) is 2.39. The van der Waals surface area contributed by atoms with Crippen LogP contribution in [0.4, 0.5) is 14.6 Å². The Morgan fingerprint density at radius 2 is 2.00 bits per heavy atom. The summed E-state index contributed by atoms with van der Waals surface area (Å²) in [6, 6.07) is 1.96. The molecule has 37 heavy (non-hydrogen) atoms. The van der Waals surface area contributed by atoms with Gasteiger partial charge in [0.05, 0.1) is 23.2 Å². The molecule has 2 N–H and O–H groups in total. The second kappa shape index (κ2) is 9.47. The summed E-state index contributed by atoms with van der Waals surface area (Å²) in [5.41, 5.74) is 5.85.